The Morgan fingerprint density at radius 3 is 2.83 bits per heavy atom. The van der Waals surface area contributed by atoms with Gasteiger partial charge in [-0.05, 0) is 50.2 Å². The molecule has 0 aromatic heterocycles. The minimum atomic E-state index is -0.0189. The lowest BCUT2D eigenvalue weighted by Crippen LogP contribution is -2.40. The summed E-state index contributed by atoms with van der Waals surface area (Å²) >= 11 is 5.80. The number of carbonyl (C=O) groups excluding carboxylic acids is 1. The van der Waals surface area contributed by atoms with Crippen LogP contribution >= 0.6 is 11.6 Å². The van der Waals surface area contributed by atoms with Gasteiger partial charge in [-0.15, -0.1) is 0 Å². The summed E-state index contributed by atoms with van der Waals surface area (Å²) in [5.41, 5.74) is 0.667. The van der Waals surface area contributed by atoms with Crippen LogP contribution in [0.15, 0.2) is 24.3 Å². The van der Waals surface area contributed by atoms with Crippen molar-refractivity contribution < 1.29 is 4.79 Å². The molecular weight excluding hydrogens is 248 g/mol. The second-order valence-electron chi connectivity index (χ2n) is 4.64. The van der Waals surface area contributed by atoms with Gasteiger partial charge in [-0.25, -0.2) is 0 Å². The first kappa shape index (κ1) is 13.4. The van der Waals surface area contributed by atoms with Crippen molar-refractivity contribution >= 4 is 17.5 Å². The van der Waals surface area contributed by atoms with E-state index < -0.39 is 0 Å². The van der Waals surface area contributed by atoms with Crippen molar-refractivity contribution in [3.05, 3.63) is 34.9 Å². The zero-order chi connectivity index (χ0) is 13.0. The molecule has 3 nitrogen and oxygen atoms in total. The number of nitrogens with zero attached hydrogens (tertiary/aromatic N) is 1. The molecule has 1 atom stereocenters. The number of likely N-dealkylation sites (tertiary alicyclic amines) is 1. The van der Waals surface area contributed by atoms with Gasteiger partial charge in [0.15, 0.2) is 0 Å². The highest BCUT2D eigenvalue weighted by Gasteiger charge is 2.23. The van der Waals surface area contributed by atoms with Gasteiger partial charge in [0, 0.05) is 23.2 Å². The van der Waals surface area contributed by atoms with Crippen molar-refractivity contribution in [2.24, 2.45) is 0 Å². The predicted octanol–water partition coefficient (Wildman–Crippen LogP) is 2.55. The van der Waals surface area contributed by atoms with E-state index in [0.717, 1.165) is 19.6 Å². The first-order valence-corrected chi connectivity index (χ1v) is 6.86. The second kappa shape index (κ2) is 6.21. The molecule has 0 unspecified atom stereocenters. The third-order valence-corrected chi connectivity index (χ3v) is 3.76. The van der Waals surface area contributed by atoms with Gasteiger partial charge in [-0.2, -0.15) is 0 Å². The molecule has 0 bridgehead atoms. The molecule has 1 aromatic carbocycles. The highest BCUT2D eigenvalue weighted by molar-refractivity contribution is 6.30. The van der Waals surface area contributed by atoms with Gasteiger partial charge in [-0.1, -0.05) is 18.5 Å². The molecule has 1 aromatic rings. The minimum absolute atomic E-state index is 0.0189. The quantitative estimate of drug-likeness (QED) is 0.908. The van der Waals surface area contributed by atoms with Crippen molar-refractivity contribution in [1.29, 1.82) is 0 Å². The van der Waals surface area contributed by atoms with Crippen molar-refractivity contribution in [2.45, 2.75) is 25.8 Å². The molecule has 1 aliphatic heterocycles. The normalized spacial score (nSPS) is 20.0. The fraction of sp³-hybridized carbons (Fsp3) is 0.500. The van der Waals surface area contributed by atoms with E-state index in [0.29, 0.717) is 16.6 Å². The molecule has 0 saturated carbocycles. The summed E-state index contributed by atoms with van der Waals surface area (Å²) in [6.07, 6.45) is 2.41. The van der Waals surface area contributed by atoms with E-state index in [1.54, 1.807) is 24.3 Å². The van der Waals surface area contributed by atoms with Gasteiger partial charge in [0.25, 0.3) is 5.91 Å². The zero-order valence-electron chi connectivity index (χ0n) is 10.7. The third-order valence-electron chi connectivity index (χ3n) is 3.51. The van der Waals surface area contributed by atoms with Crippen molar-refractivity contribution in [3.8, 4) is 0 Å². The van der Waals surface area contributed by atoms with Gasteiger partial charge in [0.05, 0.1) is 0 Å². The van der Waals surface area contributed by atoms with Crippen molar-refractivity contribution in [3.63, 3.8) is 0 Å². The van der Waals surface area contributed by atoms with Crippen LogP contribution in [0.4, 0.5) is 0 Å². The van der Waals surface area contributed by atoms with Gasteiger partial charge >= 0.3 is 0 Å². The highest BCUT2D eigenvalue weighted by Crippen LogP contribution is 2.16. The topological polar surface area (TPSA) is 32.3 Å². The Morgan fingerprint density at radius 2 is 2.17 bits per heavy atom. The lowest BCUT2D eigenvalue weighted by Gasteiger charge is -2.22. The molecule has 0 aliphatic carbocycles. The standard InChI is InChI=1S/C14H19ClN2O/c1-2-17-9-3-4-13(17)10-16-14(18)11-5-7-12(15)8-6-11/h5-8,13H,2-4,9-10H2,1H3,(H,16,18)/t13-/m1/s1. The summed E-state index contributed by atoms with van der Waals surface area (Å²) in [5.74, 6) is -0.0189. The largest absolute Gasteiger partial charge is 0.350 e. The summed E-state index contributed by atoms with van der Waals surface area (Å²) in [7, 11) is 0. The first-order valence-electron chi connectivity index (χ1n) is 6.48. The van der Waals surface area contributed by atoms with Crippen molar-refractivity contribution in [2.75, 3.05) is 19.6 Å². The molecule has 18 heavy (non-hydrogen) atoms. The number of halogens is 1. The molecule has 4 heteroatoms. The number of hydrogen-bond acceptors (Lipinski definition) is 2. The van der Waals surface area contributed by atoms with Crippen LogP contribution in [0.25, 0.3) is 0 Å². The van der Waals surface area contributed by atoms with E-state index in [-0.39, 0.29) is 5.91 Å². The Hall–Kier alpha value is -1.06. The Morgan fingerprint density at radius 1 is 1.44 bits per heavy atom. The second-order valence-corrected chi connectivity index (χ2v) is 5.08. The predicted molar refractivity (Wildman–Crippen MR) is 74.1 cm³/mol. The third kappa shape index (κ3) is 3.24. The Kier molecular flexibility index (Phi) is 4.61. The molecule has 0 radical (unpaired) electrons. The van der Waals surface area contributed by atoms with E-state index >= 15 is 0 Å². The van der Waals surface area contributed by atoms with Gasteiger partial charge < -0.3 is 5.32 Å². The number of carbonyl (C=O) groups is 1. The summed E-state index contributed by atoms with van der Waals surface area (Å²) in [6.45, 7) is 5.11. The number of rotatable bonds is 4. The van der Waals surface area contributed by atoms with Crippen LogP contribution in [0.5, 0.6) is 0 Å². The number of likely N-dealkylation sites (N-methyl/N-ethyl adjacent to an activating group) is 1. The van der Waals surface area contributed by atoms with E-state index in [2.05, 4.69) is 17.1 Å². The molecule has 1 N–H and O–H groups in total. The van der Waals surface area contributed by atoms with Crippen LogP contribution in [0.3, 0.4) is 0 Å². The zero-order valence-corrected chi connectivity index (χ0v) is 11.4. The smallest absolute Gasteiger partial charge is 0.251 e. The van der Waals surface area contributed by atoms with Crippen LogP contribution in [0.2, 0.25) is 5.02 Å². The average molecular weight is 267 g/mol. The SMILES string of the molecule is CCN1CCC[C@@H]1CNC(=O)c1ccc(Cl)cc1. The molecule has 1 saturated heterocycles. The molecule has 1 heterocycles. The monoisotopic (exact) mass is 266 g/mol. The fourth-order valence-electron chi connectivity index (χ4n) is 2.46. The molecule has 1 fully saturated rings. The lowest BCUT2D eigenvalue weighted by molar-refractivity contribution is 0.0941. The number of amides is 1. The van der Waals surface area contributed by atoms with E-state index in [1.807, 2.05) is 0 Å². The summed E-state index contributed by atoms with van der Waals surface area (Å²) < 4.78 is 0. The summed E-state index contributed by atoms with van der Waals surface area (Å²) in [6, 6.07) is 7.48. The van der Waals surface area contributed by atoms with Gasteiger partial charge in [0.2, 0.25) is 0 Å². The maximum absolute atomic E-state index is 11.9. The maximum atomic E-state index is 11.9. The average Bonchev–Trinajstić information content (AvgIpc) is 2.84. The van der Waals surface area contributed by atoms with Crippen LogP contribution in [0.1, 0.15) is 30.1 Å². The molecular formula is C14H19ClN2O. The molecule has 1 amide bonds. The molecule has 0 spiro atoms. The fourth-order valence-corrected chi connectivity index (χ4v) is 2.58. The minimum Gasteiger partial charge on any atom is -0.350 e. The van der Waals surface area contributed by atoms with Gasteiger partial charge in [-0.3, -0.25) is 9.69 Å². The number of hydrogen-bond donors (Lipinski definition) is 1. The molecule has 98 valence electrons. The molecule has 2 rings (SSSR count). The van der Waals surface area contributed by atoms with Crippen LogP contribution in [-0.4, -0.2) is 36.5 Å². The maximum Gasteiger partial charge on any atom is 0.251 e. The van der Waals surface area contributed by atoms with Gasteiger partial charge in [0.1, 0.15) is 0 Å². The van der Waals surface area contributed by atoms with E-state index in [9.17, 15) is 4.79 Å². The number of benzene rings is 1. The Balaban J connectivity index is 1.86. The van der Waals surface area contributed by atoms with Crippen LogP contribution in [0, 0.1) is 0 Å². The van der Waals surface area contributed by atoms with Crippen molar-refractivity contribution in [1.82, 2.24) is 10.2 Å². The Bertz CT molecular complexity index is 405. The number of nitrogens with one attached hydrogen (secondary N) is 1. The molecule has 1 aliphatic rings. The lowest BCUT2D eigenvalue weighted by atomic mass is 10.2. The van der Waals surface area contributed by atoms with E-state index in [1.165, 1.54) is 12.8 Å². The van der Waals surface area contributed by atoms with E-state index in [4.69, 9.17) is 11.6 Å². The summed E-state index contributed by atoms with van der Waals surface area (Å²) in [5, 5.41) is 3.65. The van der Waals surface area contributed by atoms with Crippen LogP contribution < -0.4 is 5.32 Å². The highest BCUT2D eigenvalue weighted by atomic mass is 35.5. The first-order chi connectivity index (χ1) is 8.70. The Labute approximate surface area is 113 Å². The van der Waals surface area contributed by atoms with Crippen LogP contribution in [-0.2, 0) is 0 Å². The summed E-state index contributed by atoms with van der Waals surface area (Å²) in [4.78, 5) is 14.4.